The van der Waals surface area contributed by atoms with Gasteiger partial charge in [0, 0.05) is 16.3 Å². The first-order valence-corrected chi connectivity index (χ1v) is 10.2. The van der Waals surface area contributed by atoms with Gasteiger partial charge in [0.05, 0.1) is 22.6 Å². The van der Waals surface area contributed by atoms with Gasteiger partial charge in [-0.3, -0.25) is 4.79 Å². The highest BCUT2D eigenvalue weighted by molar-refractivity contribution is 7.99. The molecule has 0 aliphatic carbocycles. The first-order valence-electron chi connectivity index (χ1n) is 8.47. The third kappa shape index (κ3) is 6.88. The molecule has 0 radical (unpaired) electrons. The lowest BCUT2D eigenvalue weighted by molar-refractivity contribution is -0.137. The Labute approximate surface area is 188 Å². The number of anilines is 2. The van der Waals surface area contributed by atoms with E-state index in [0.29, 0.717) is 15.6 Å². The Kier molecular flexibility index (Phi) is 7.42. The Morgan fingerprint density at radius 2 is 2.03 bits per heavy atom. The van der Waals surface area contributed by atoms with Crippen LogP contribution in [0.5, 0.6) is 0 Å². The van der Waals surface area contributed by atoms with Crippen molar-refractivity contribution < 1.29 is 18.0 Å². The predicted molar refractivity (Wildman–Crippen MR) is 115 cm³/mol. The number of halogens is 5. The highest BCUT2D eigenvalue weighted by atomic mass is 35.5. The third-order valence-corrected chi connectivity index (χ3v) is 5.02. The zero-order valence-electron chi connectivity index (χ0n) is 15.4. The molecule has 3 aromatic rings. The van der Waals surface area contributed by atoms with E-state index in [0.717, 1.165) is 23.9 Å². The van der Waals surface area contributed by atoms with Gasteiger partial charge in [-0.15, -0.1) is 5.10 Å². The second kappa shape index (κ2) is 10.0. The smallest absolute Gasteiger partial charge is 0.325 e. The number of rotatable bonds is 7. The first-order chi connectivity index (χ1) is 14.7. The number of carbonyl (C=O) groups excluding carboxylic acids is 1. The lowest BCUT2D eigenvalue weighted by Gasteiger charge is -2.09. The standard InChI is InChI=1S/C18H13Cl2F3N6OS/c19-12-5-4-10(14(20)7-12)8-24-27-16-26-17(29-28-16)31-9-15(30)25-13-3-1-2-11(6-13)18(21,22)23/h1-8H,9H2,(H,25,30)(H2,26,27,28,29)/b24-8+. The van der Waals surface area contributed by atoms with Crippen LogP contribution in [0.4, 0.5) is 24.8 Å². The van der Waals surface area contributed by atoms with Crippen LogP contribution >= 0.6 is 35.0 Å². The van der Waals surface area contributed by atoms with Crippen LogP contribution in [0.1, 0.15) is 11.1 Å². The highest BCUT2D eigenvalue weighted by Crippen LogP contribution is 2.30. The minimum atomic E-state index is -4.49. The fourth-order valence-corrected chi connectivity index (χ4v) is 3.29. The van der Waals surface area contributed by atoms with Gasteiger partial charge in [0.25, 0.3) is 0 Å². The topological polar surface area (TPSA) is 95.1 Å². The van der Waals surface area contributed by atoms with Crippen LogP contribution in [-0.2, 0) is 11.0 Å². The van der Waals surface area contributed by atoms with Gasteiger partial charge in [-0.1, -0.05) is 47.1 Å². The van der Waals surface area contributed by atoms with E-state index in [9.17, 15) is 18.0 Å². The summed E-state index contributed by atoms with van der Waals surface area (Å²) < 4.78 is 38.2. The molecule has 3 N–H and O–H groups in total. The molecule has 0 saturated heterocycles. The number of thioether (sulfide) groups is 1. The summed E-state index contributed by atoms with van der Waals surface area (Å²) >= 11 is 12.9. The molecular formula is C18H13Cl2F3N6OS. The molecule has 7 nitrogen and oxygen atoms in total. The number of nitrogens with one attached hydrogen (secondary N) is 3. The van der Waals surface area contributed by atoms with E-state index in [-0.39, 0.29) is 22.5 Å². The van der Waals surface area contributed by atoms with Crippen molar-refractivity contribution in [3.05, 3.63) is 63.6 Å². The molecule has 31 heavy (non-hydrogen) atoms. The molecule has 1 amide bonds. The monoisotopic (exact) mass is 488 g/mol. The molecule has 0 aliphatic rings. The maximum Gasteiger partial charge on any atom is 0.416 e. The zero-order chi connectivity index (χ0) is 22.4. The van der Waals surface area contributed by atoms with Gasteiger partial charge in [0.15, 0.2) is 0 Å². The summed E-state index contributed by atoms with van der Waals surface area (Å²) in [5, 5.41) is 14.1. The summed E-state index contributed by atoms with van der Waals surface area (Å²) in [5.41, 5.74) is 2.47. The molecule has 3 rings (SSSR count). The summed E-state index contributed by atoms with van der Waals surface area (Å²) in [4.78, 5) is 16.1. The number of H-pyrrole nitrogens is 1. The van der Waals surface area contributed by atoms with Crippen LogP contribution < -0.4 is 10.7 Å². The number of alkyl halides is 3. The Bertz CT molecular complexity index is 1110. The minimum Gasteiger partial charge on any atom is -0.325 e. The predicted octanol–water partition coefficient (Wildman–Crippen LogP) is 5.31. The molecule has 2 aromatic carbocycles. The van der Waals surface area contributed by atoms with Crippen molar-refractivity contribution in [3.63, 3.8) is 0 Å². The second-order valence-corrected chi connectivity index (χ2v) is 7.70. The number of nitrogens with zero attached hydrogens (tertiary/aromatic N) is 3. The number of carbonyl (C=O) groups is 1. The summed E-state index contributed by atoms with van der Waals surface area (Å²) in [6.45, 7) is 0. The van der Waals surface area contributed by atoms with E-state index >= 15 is 0 Å². The first kappa shape index (κ1) is 22.9. The van der Waals surface area contributed by atoms with E-state index < -0.39 is 17.6 Å². The lowest BCUT2D eigenvalue weighted by Crippen LogP contribution is -2.15. The van der Waals surface area contributed by atoms with Crippen LogP contribution in [0, 0.1) is 0 Å². The molecule has 0 saturated carbocycles. The van der Waals surface area contributed by atoms with Crippen molar-refractivity contribution >= 4 is 58.7 Å². The summed E-state index contributed by atoms with van der Waals surface area (Å²) in [5.74, 6) is -0.377. The number of benzene rings is 2. The van der Waals surface area contributed by atoms with Gasteiger partial charge >= 0.3 is 6.18 Å². The van der Waals surface area contributed by atoms with Crippen LogP contribution in [0.2, 0.25) is 10.0 Å². The lowest BCUT2D eigenvalue weighted by atomic mass is 10.2. The molecule has 0 spiro atoms. The van der Waals surface area contributed by atoms with Crippen molar-refractivity contribution in [1.29, 1.82) is 0 Å². The van der Waals surface area contributed by atoms with E-state index in [1.165, 1.54) is 18.3 Å². The number of hydrazone groups is 1. The normalized spacial score (nSPS) is 11.6. The molecule has 0 atom stereocenters. The number of aromatic nitrogens is 3. The number of aromatic amines is 1. The average molecular weight is 489 g/mol. The number of amides is 1. The van der Waals surface area contributed by atoms with Gasteiger partial charge in [0.1, 0.15) is 0 Å². The third-order valence-electron chi connectivity index (χ3n) is 3.61. The maximum absolute atomic E-state index is 12.7. The molecule has 1 heterocycles. The number of hydrogen-bond donors (Lipinski definition) is 3. The second-order valence-electron chi connectivity index (χ2n) is 5.92. The van der Waals surface area contributed by atoms with Crippen molar-refractivity contribution in [2.24, 2.45) is 5.10 Å². The van der Waals surface area contributed by atoms with Crippen molar-refractivity contribution in [2.45, 2.75) is 11.3 Å². The molecule has 0 fully saturated rings. The van der Waals surface area contributed by atoms with Crippen LogP contribution in [0.25, 0.3) is 0 Å². The molecule has 13 heteroatoms. The van der Waals surface area contributed by atoms with Gasteiger partial charge < -0.3 is 5.32 Å². The van der Waals surface area contributed by atoms with Crippen molar-refractivity contribution in [1.82, 2.24) is 15.2 Å². The molecule has 0 aliphatic heterocycles. The molecule has 162 valence electrons. The summed E-state index contributed by atoms with van der Waals surface area (Å²) in [7, 11) is 0. The fourth-order valence-electron chi connectivity index (χ4n) is 2.23. The van der Waals surface area contributed by atoms with E-state index in [1.54, 1.807) is 18.2 Å². The van der Waals surface area contributed by atoms with Crippen molar-refractivity contribution in [2.75, 3.05) is 16.5 Å². The minimum absolute atomic E-state index is 0.0490. The summed E-state index contributed by atoms with van der Waals surface area (Å²) in [6, 6.07) is 9.33. The Morgan fingerprint density at radius 1 is 1.23 bits per heavy atom. The molecular weight excluding hydrogens is 476 g/mol. The summed E-state index contributed by atoms with van der Waals surface area (Å²) in [6.07, 6.45) is -3.02. The Balaban J connectivity index is 1.50. The van der Waals surface area contributed by atoms with Crippen LogP contribution in [0.3, 0.4) is 0 Å². The van der Waals surface area contributed by atoms with Crippen LogP contribution in [0.15, 0.2) is 52.7 Å². The van der Waals surface area contributed by atoms with E-state index in [2.05, 4.69) is 31.0 Å². The maximum atomic E-state index is 12.7. The van der Waals surface area contributed by atoms with Gasteiger partial charge in [-0.2, -0.15) is 23.3 Å². The van der Waals surface area contributed by atoms with Gasteiger partial charge in [-0.05, 0) is 30.3 Å². The Hall–Kier alpha value is -2.76. The van der Waals surface area contributed by atoms with Crippen molar-refractivity contribution in [3.8, 4) is 0 Å². The fraction of sp³-hybridized carbons (Fsp3) is 0.111. The van der Waals surface area contributed by atoms with Gasteiger partial charge in [-0.25, -0.2) is 10.5 Å². The average Bonchev–Trinajstić information content (AvgIpc) is 3.15. The largest absolute Gasteiger partial charge is 0.416 e. The van der Waals surface area contributed by atoms with Crippen LogP contribution in [-0.4, -0.2) is 33.1 Å². The molecule has 1 aromatic heterocycles. The molecule has 0 bridgehead atoms. The zero-order valence-corrected chi connectivity index (χ0v) is 17.7. The molecule has 0 unspecified atom stereocenters. The van der Waals surface area contributed by atoms with E-state index in [4.69, 9.17) is 23.2 Å². The highest BCUT2D eigenvalue weighted by Gasteiger charge is 2.30. The SMILES string of the molecule is O=C(CSc1n[nH]c(N/N=C/c2ccc(Cl)cc2Cl)n1)Nc1cccc(C(F)(F)F)c1. The van der Waals surface area contributed by atoms with E-state index in [1.807, 2.05) is 0 Å². The quantitative estimate of drug-likeness (QED) is 0.238. The number of hydrogen-bond acceptors (Lipinski definition) is 6. The Morgan fingerprint density at radius 3 is 2.77 bits per heavy atom. The van der Waals surface area contributed by atoms with Gasteiger partial charge in [0.2, 0.25) is 17.0 Å².